The fraction of sp³-hybridized carbons (Fsp3) is 0.381. The standard InChI is InChI=1S/C21H26N2O/c1-16-7-9-20(10-8-16)22-21(24)18-11-13-23(14-12-18)15-19-6-4-3-5-17(19)2/h3-10,18H,11-15H2,1-2H3,(H,22,24). The number of hydrogen-bond acceptors (Lipinski definition) is 2. The van der Waals surface area contributed by atoms with Crippen molar-refractivity contribution in [1.82, 2.24) is 4.90 Å². The second-order valence-corrected chi connectivity index (χ2v) is 6.83. The van der Waals surface area contributed by atoms with Gasteiger partial charge in [-0.15, -0.1) is 0 Å². The van der Waals surface area contributed by atoms with Crippen molar-refractivity contribution >= 4 is 11.6 Å². The SMILES string of the molecule is Cc1ccc(NC(=O)C2CCN(Cc3ccccc3C)CC2)cc1. The van der Waals surface area contributed by atoms with Crippen LogP contribution in [-0.4, -0.2) is 23.9 Å². The van der Waals surface area contributed by atoms with Gasteiger partial charge in [-0.05, 0) is 63.0 Å². The van der Waals surface area contributed by atoms with Crippen molar-refractivity contribution < 1.29 is 4.79 Å². The summed E-state index contributed by atoms with van der Waals surface area (Å²) in [6.45, 7) is 7.17. The van der Waals surface area contributed by atoms with E-state index in [4.69, 9.17) is 0 Å². The number of anilines is 1. The van der Waals surface area contributed by atoms with Crippen LogP contribution in [0.1, 0.15) is 29.5 Å². The Morgan fingerprint density at radius 2 is 1.71 bits per heavy atom. The highest BCUT2D eigenvalue weighted by atomic mass is 16.1. The van der Waals surface area contributed by atoms with Gasteiger partial charge in [0.1, 0.15) is 0 Å². The summed E-state index contributed by atoms with van der Waals surface area (Å²) in [6.07, 6.45) is 1.87. The molecule has 2 aromatic carbocycles. The molecular weight excluding hydrogens is 296 g/mol. The Balaban J connectivity index is 1.50. The lowest BCUT2D eigenvalue weighted by Gasteiger charge is -2.31. The van der Waals surface area contributed by atoms with E-state index >= 15 is 0 Å². The molecular formula is C21H26N2O. The van der Waals surface area contributed by atoms with Crippen LogP contribution >= 0.6 is 0 Å². The van der Waals surface area contributed by atoms with Crippen molar-refractivity contribution in [3.8, 4) is 0 Å². The van der Waals surface area contributed by atoms with Gasteiger partial charge in [0.2, 0.25) is 5.91 Å². The Hall–Kier alpha value is -2.13. The first kappa shape index (κ1) is 16.7. The minimum absolute atomic E-state index is 0.124. The van der Waals surface area contributed by atoms with Gasteiger partial charge in [-0.1, -0.05) is 42.0 Å². The first-order valence-electron chi connectivity index (χ1n) is 8.76. The number of likely N-dealkylation sites (tertiary alicyclic amines) is 1. The molecule has 3 rings (SSSR count). The summed E-state index contributed by atoms with van der Waals surface area (Å²) in [5.74, 6) is 0.286. The molecule has 0 unspecified atom stereocenters. The molecule has 0 spiro atoms. The van der Waals surface area contributed by atoms with Crippen LogP contribution in [0.25, 0.3) is 0 Å². The second-order valence-electron chi connectivity index (χ2n) is 6.83. The highest BCUT2D eigenvalue weighted by Gasteiger charge is 2.25. The van der Waals surface area contributed by atoms with E-state index in [-0.39, 0.29) is 11.8 Å². The molecule has 1 heterocycles. The summed E-state index contributed by atoms with van der Waals surface area (Å²) in [6, 6.07) is 16.6. The number of amides is 1. The third kappa shape index (κ3) is 4.24. The second kappa shape index (κ2) is 7.63. The molecule has 1 aliphatic rings. The summed E-state index contributed by atoms with van der Waals surface area (Å²) < 4.78 is 0. The summed E-state index contributed by atoms with van der Waals surface area (Å²) >= 11 is 0. The maximum Gasteiger partial charge on any atom is 0.227 e. The predicted molar refractivity (Wildman–Crippen MR) is 99.0 cm³/mol. The molecule has 3 nitrogen and oxygen atoms in total. The van der Waals surface area contributed by atoms with E-state index in [1.807, 2.05) is 24.3 Å². The molecule has 0 saturated carbocycles. The van der Waals surface area contributed by atoms with Crippen LogP contribution in [0.5, 0.6) is 0 Å². The predicted octanol–water partition coefficient (Wildman–Crippen LogP) is 4.15. The molecule has 0 radical (unpaired) electrons. The van der Waals surface area contributed by atoms with Gasteiger partial charge >= 0.3 is 0 Å². The van der Waals surface area contributed by atoms with E-state index in [0.29, 0.717) is 0 Å². The van der Waals surface area contributed by atoms with Crippen LogP contribution in [0, 0.1) is 19.8 Å². The number of carbonyl (C=O) groups excluding carboxylic acids is 1. The molecule has 2 aromatic rings. The molecule has 1 aliphatic heterocycles. The minimum Gasteiger partial charge on any atom is -0.326 e. The number of benzene rings is 2. The molecule has 1 amide bonds. The molecule has 1 fully saturated rings. The highest BCUT2D eigenvalue weighted by molar-refractivity contribution is 5.92. The van der Waals surface area contributed by atoms with Gasteiger partial charge in [0.25, 0.3) is 0 Å². The molecule has 0 atom stereocenters. The summed E-state index contributed by atoms with van der Waals surface area (Å²) in [4.78, 5) is 14.9. The van der Waals surface area contributed by atoms with Crippen molar-refractivity contribution in [2.45, 2.75) is 33.2 Å². The summed E-state index contributed by atoms with van der Waals surface area (Å²) in [5, 5.41) is 3.06. The van der Waals surface area contributed by atoms with Crippen molar-refractivity contribution in [3.05, 3.63) is 65.2 Å². The first-order valence-corrected chi connectivity index (χ1v) is 8.76. The maximum atomic E-state index is 12.4. The molecule has 1 saturated heterocycles. The highest BCUT2D eigenvalue weighted by Crippen LogP contribution is 2.22. The molecule has 1 N–H and O–H groups in total. The zero-order chi connectivity index (χ0) is 16.9. The summed E-state index contributed by atoms with van der Waals surface area (Å²) in [5.41, 5.74) is 4.84. The number of aryl methyl sites for hydroxylation is 2. The van der Waals surface area contributed by atoms with Crippen LogP contribution < -0.4 is 5.32 Å². The summed E-state index contributed by atoms with van der Waals surface area (Å²) in [7, 11) is 0. The smallest absolute Gasteiger partial charge is 0.227 e. The average Bonchev–Trinajstić information content (AvgIpc) is 2.59. The van der Waals surface area contributed by atoms with Gasteiger partial charge in [-0.3, -0.25) is 9.69 Å². The van der Waals surface area contributed by atoms with Crippen LogP contribution in [0.15, 0.2) is 48.5 Å². The number of piperidine rings is 1. The van der Waals surface area contributed by atoms with E-state index in [1.165, 1.54) is 16.7 Å². The molecule has 0 aliphatic carbocycles. The number of carbonyl (C=O) groups is 1. The lowest BCUT2D eigenvalue weighted by Crippen LogP contribution is -2.37. The van der Waals surface area contributed by atoms with Crippen molar-refractivity contribution in [2.24, 2.45) is 5.92 Å². The van der Waals surface area contributed by atoms with Crippen LogP contribution in [0.3, 0.4) is 0 Å². The fourth-order valence-corrected chi connectivity index (χ4v) is 3.26. The lowest BCUT2D eigenvalue weighted by molar-refractivity contribution is -0.121. The molecule has 24 heavy (non-hydrogen) atoms. The number of hydrogen-bond donors (Lipinski definition) is 1. The normalized spacial score (nSPS) is 16.1. The topological polar surface area (TPSA) is 32.3 Å². The number of rotatable bonds is 4. The van der Waals surface area contributed by atoms with Crippen molar-refractivity contribution in [1.29, 1.82) is 0 Å². The third-order valence-electron chi connectivity index (χ3n) is 4.93. The number of nitrogens with zero attached hydrogens (tertiary/aromatic N) is 1. The zero-order valence-corrected chi connectivity index (χ0v) is 14.6. The van der Waals surface area contributed by atoms with Crippen LogP contribution in [-0.2, 0) is 11.3 Å². The molecule has 0 bridgehead atoms. The Bertz CT molecular complexity index is 685. The lowest BCUT2D eigenvalue weighted by atomic mass is 9.95. The van der Waals surface area contributed by atoms with E-state index in [0.717, 1.165) is 38.2 Å². The Kier molecular flexibility index (Phi) is 5.31. The van der Waals surface area contributed by atoms with Crippen LogP contribution in [0.4, 0.5) is 5.69 Å². The minimum atomic E-state index is 0.124. The van der Waals surface area contributed by atoms with E-state index in [9.17, 15) is 4.79 Å². The quantitative estimate of drug-likeness (QED) is 0.917. The monoisotopic (exact) mass is 322 g/mol. The van der Waals surface area contributed by atoms with Gasteiger partial charge in [-0.2, -0.15) is 0 Å². The molecule has 3 heteroatoms. The average molecular weight is 322 g/mol. The number of nitrogens with one attached hydrogen (secondary N) is 1. The van der Waals surface area contributed by atoms with Gasteiger partial charge in [-0.25, -0.2) is 0 Å². The maximum absolute atomic E-state index is 12.4. The van der Waals surface area contributed by atoms with Gasteiger partial charge < -0.3 is 5.32 Å². The van der Waals surface area contributed by atoms with E-state index in [1.54, 1.807) is 0 Å². The first-order chi connectivity index (χ1) is 11.6. The van der Waals surface area contributed by atoms with E-state index < -0.39 is 0 Å². The molecule has 0 aromatic heterocycles. The largest absolute Gasteiger partial charge is 0.326 e. The Labute approximate surface area is 144 Å². The van der Waals surface area contributed by atoms with Crippen molar-refractivity contribution in [2.75, 3.05) is 18.4 Å². The van der Waals surface area contributed by atoms with Gasteiger partial charge in [0.05, 0.1) is 0 Å². The Morgan fingerprint density at radius 3 is 2.38 bits per heavy atom. The third-order valence-corrected chi connectivity index (χ3v) is 4.93. The van der Waals surface area contributed by atoms with Crippen LogP contribution in [0.2, 0.25) is 0 Å². The van der Waals surface area contributed by atoms with Crippen molar-refractivity contribution in [3.63, 3.8) is 0 Å². The Morgan fingerprint density at radius 1 is 1.04 bits per heavy atom. The van der Waals surface area contributed by atoms with E-state index in [2.05, 4.69) is 48.3 Å². The van der Waals surface area contributed by atoms with Gasteiger partial charge in [0.15, 0.2) is 0 Å². The zero-order valence-electron chi connectivity index (χ0n) is 14.6. The van der Waals surface area contributed by atoms with Gasteiger partial charge in [0, 0.05) is 18.2 Å². The fourth-order valence-electron chi connectivity index (χ4n) is 3.26. The molecule has 126 valence electrons.